The Kier molecular flexibility index (Phi) is 4.07. The molecule has 5 heteroatoms. The Bertz CT molecular complexity index is 873. The Hall–Kier alpha value is -2.27. The van der Waals surface area contributed by atoms with Crippen molar-refractivity contribution in [1.29, 1.82) is 0 Å². The lowest BCUT2D eigenvalue weighted by Crippen LogP contribution is -2.49. The van der Waals surface area contributed by atoms with Gasteiger partial charge in [0.25, 0.3) is 5.56 Å². The van der Waals surface area contributed by atoms with E-state index in [4.69, 9.17) is 4.74 Å². The molecule has 26 heavy (non-hydrogen) atoms. The highest BCUT2D eigenvalue weighted by Gasteiger charge is 2.48. The predicted molar refractivity (Wildman–Crippen MR) is 99.4 cm³/mol. The second kappa shape index (κ2) is 6.16. The molecule has 2 aliphatic rings. The summed E-state index contributed by atoms with van der Waals surface area (Å²) in [5, 5.41) is 20.2. The molecule has 6 atom stereocenters. The van der Waals surface area contributed by atoms with E-state index in [-0.39, 0.29) is 41.1 Å². The van der Waals surface area contributed by atoms with Gasteiger partial charge in [0.05, 0.1) is 17.8 Å². The molecule has 6 unspecified atom stereocenters. The van der Waals surface area contributed by atoms with E-state index in [1.54, 1.807) is 18.3 Å². The van der Waals surface area contributed by atoms with Crippen LogP contribution in [-0.2, 0) is 0 Å². The quantitative estimate of drug-likeness (QED) is 0.733. The van der Waals surface area contributed by atoms with E-state index < -0.39 is 6.10 Å². The first-order chi connectivity index (χ1) is 12.4. The number of rotatable bonds is 1. The molecule has 1 fully saturated rings. The van der Waals surface area contributed by atoms with Crippen LogP contribution in [0.4, 0.5) is 0 Å². The van der Waals surface area contributed by atoms with Crippen LogP contribution in [0.5, 0.6) is 11.5 Å². The number of aliphatic hydroxyl groups is 1. The molecule has 2 aromatic rings. The molecule has 1 aliphatic heterocycles. The summed E-state index contributed by atoms with van der Waals surface area (Å²) in [6, 6.07) is 6.86. The highest BCUT2D eigenvalue weighted by molar-refractivity contribution is 5.72. The van der Waals surface area contributed by atoms with E-state index in [0.29, 0.717) is 11.3 Å². The van der Waals surface area contributed by atoms with Gasteiger partial charge in [-0.25, -0.2) is 0 Å². The van der Waals surface area contributed by atoms with Crippen molar-refractivity contribution in [3.8, 4) is 22.6 Å². The summed E-state index contributed by atoms with van der Waals surface area (Å²) < 4.78 is 6.27. The Balaban J connectivity index is 1.89. The Morgan fingerprint density at radius 3 is 2.54 bits per heavy atom. The number of aromatic nitrogens is 1. The van der Waals surface area contributed by atoms with Crippen molar-refractivity contribution in [3.05, 3.63) is 46.4 Å². The van der Waals surface area contributed by atoms with Crippen molar-refractivity contribution in [2.24, 2.45) is 17.8 Å². The minimum atomic E-state index is -0.425. The number of nitrogens with one attached hydrogen (secondary N) is 1. The van der Waals surface area contributed by atoms with Crippen LogP contribution in [0.3, 0.4) is 0 Å². The van der Waals surface area contributed by atoms with Gasteiger partial charge in [0.15, 0.2) is 0 Å². The minimum Gasteiger partial charge on any atom is -0.508 e. The maximum absolute atomic E-state index is 12.7. The Labute approximate surface area is 152 Å². The zero-order valence-corrected chi connectivity index (χ0v) is 15.3. The van der Waals surface area contributed by atoms with Crippen molar-refractivity contribution < 1.29 is 14.9 Å². The van der Waals surface area contributed by atoms with Gasteiger partial charge in [0.1, 0.15) is 11.5 Å². The van der Waals surface area contributed by atoms with Gasteiger partial charge in [-0.05, 0) is 42.9 Å². The van der Waals surface area contributed by atoms with Crippen molar-refractivity contribution in [3.63, 3.8) is 0 Å². The highest BCUT2D eigenvalue weighted by atomic mass is 16.5. The molecule has 1 aromatic heterocycles. The fourth-order valence-electron chi connectivity index (χ4n) is 4.88. The van der Waals surface area contributed by atoms with Crippen LogP contribution in [0.25, 0.3) is 11.1 Å². The highest BCUT2D eigenvalue weighted by Crippen LogP contribution is 2.52. The normalized spacial score (nSPS) is 33.1. The van der Waals surface area contributed by atoms with Crippen LogP contribution in [0.2, 0.25) is 0 Å². The number of fused-ring (bicyclic) bond motifs is 3. The summed E-state index contributed by atoms with van der Waals surface area (Å²) >= 11 is 0. The number of aromatic hydroxyl groups is 1. The summed E-state index contributed by atoms with van der Waals surface area (Å²) in [5.41, 5.74) is 2.19. The lowest BCUT2D eigenvalue weighted by Gasteiger charge is -2.48. The minimum absolute atomic E-state index is 0.00924. The molecule has 1 aromatic carbocycles. The number of pyridine rings is 1. The Morgan fingerprint density at radius 1 is 1.15 bits per heavy atom. The van der Waals surface area contributed by atoms with Gasteiger partial charge in [-0.2, -0.15) is 0 Å². The second-order valence-corrected chi connectivity index (χ2v) is 7.90. The molecule has 1 aliphatic carbocycles. The number of ether oxygens (including phenoxy) is 1. The zero-order chi connectivity index (χ0) is 18.6. The SMILES string of the molecule is CC1CC2C(C)Oc3c(-c4ccc(O)cc4)c[nH]c(=O)c3C2C(C)C1O. The average molecular weight is 355 g/mol. The second-order valence-electron chi connectivity index (χ2n) is 7.90. The number of hydrogen-bond acceptors (Lipinski definition) is 4. The van der Waals surface area contributed by atoms with E-state index in [1.807, 2.05) is 19.1 Å². The molecule has 2 heterocycles. The predicted octanol–water partition coefficient (Wildman–Crippen LogP) is 3.27. The fraction of sp³-hybridized carbons (Fsp3) is 0.476. The first-order valence-electron chi connectivity index (χ1n) is 9.28. The topological polar surface area (TPSA) is 82.5 Å². The molecule has 0 bridgehead atoms. The Morgan fingerprint density at radius 2 is 1.85 bits per heavy atom. The number of H-pyrrole nitrogens is 1. The smallest absolute Gasteiger partial charge is 0.255 e. The van der Waals surface area contributed by atoms with Crippen LogP contribution in [-0.4, -0.2) is 27.4 Å². The third-order valence-electron chi connectivity index (χ3n) is 6.29. The largest absolute Gasteiger partial charge is 0.508 e. The number of phenolic OH excluding ortho intramolecular Hbond substituents is 1. The van der Waals surface area contributed by atoms with Gasteiger partial charge in [-0.1, -0.05) is 26.0 Å². The maximum atomic E-state index is 12.7. The molecule has 0 amide bonds. The molecule has 0 radical (unpaired) electrons. The van der Waals surface area contributed by atoms with Gasteiger partial charge in [0, 0.05) is 23.6 Å². The first kappa shape index (κ1) is 17.2. The summed E-state index contributed by atoms with van der Waals surface area (Å²) in [6.45, 7) is 6.16. The van der Waals surface area contributed by atoms with E-state index in [0.717, 1.165) is 17.5 Å². The van der Waals surface area contributed by atoms with Crippen molar-refractivity contribution in [1.82, 2.24) is 4.98 Å². The number of hydrogen-bond donors (Lipinski definition) is 3. The molecular weight excluding hydrogens is 330 g/mol. The average Bonchev–Trinajstić information content (AvgIpc) is 2.61. The lowest BCUT2D eigenvalue weighted by atomic mass is 9.62. The van der Waals surface area contributed by atoms with Gasteiger partial charge in [-0.15, -0.1) is 0 Å². The van der Waals surface area contributed by atoms with Gasteiger partial charge >= 0.3 is 0 Å². The van der Waals surface area contributed by atoms with E-state index in [1.165, 1.54) is 0 Å². The van der Waals surface area contributed by atoms with Crippen LogP contribution < -0.4 is 10.3 Å². The van der Waals surface area contributed by atoms with Gasteiger partial charge in [0.2, 0.25) is 0 Å². The van der Waals surface area contributed by atoms with Crippen LogP contribution in [0, 0.1) is 17.8 Å². The molecular formula is C21H25NO4. The number of phenols is 1. The standard InChI is InChI=1S/C21H25NO4/c1-10-8-15-12(3)26-20-16(13-4-6-14(23)7-5-13)9-22-21(25)18(20)17(15)11(2)19(10)24/h4-7,9-12,15,17,19,23-24H,8H2,1-3H3,(H,22,25). The monoisotopic (exact) mass is 355 g/mol. The van der Waals surface area contributed by atoms with E-state index in [2.05, 4.69) is 18.8 Å². The molecule has 0 saturated heterocycles. The summed E-state index contributed by atoms with van der Waals surface area (Å²) in [7, 11) is 0. The van der Waals surface area contributed by atoms with Crippen molar-refractivity contribution >= 4 is 0 Å². The third-order valence-corrected chi connectivity index (χ3v) is 6.29. The molecule has 5 nitrogen and oxygen atoms in total. The number of aromatic amines is 1. The summed E-state index contributed by atoms with van der Waals surface area (Å²) in [4.78, 5) is 15.6. The van der Waals surface area contributed by atoms with E-state index in [9.17, 15) is 15.0 Å². The molecule has 1 saturated carbocycles. The van der Waals surface area contributed by atoms with E-state index >= 15 is 0 Å². The zero-order valence-electron chi connectivity index (χ0n) is 15.3. The summed E-state index contributed by atoms with van der Waals surface area (Å²) in [5.74, 6) is 1.18. The van der Waals surface area contributed by atoms with Crippen molar-refractivity contribution in [2.45, 2.75) is 45.3 Å². The van der Waals surface area contributed by atoms with Crippen LogP contribution in [0.15, 0.2) is 35.3 Å². The first-order valence-corrected chi connectivity index (χ1v) is 9.28. The fourth-order valence-corrected chi connectivity index (χ4v) is 4.88. The number of aliphatic hydroxyl groups excluding tert-OH is 1. The molecule has 4 rings (SSSR count). The van der Waals surface area contributed by atoms with Crippen LogP contribution >= 0.6 is 0 Å². The van der Waals surface area contributed by atoms with Gasteiger partial charge in [-0.3, -0.25) is 4.79 Å². The maximum Gasteiger partial charge on any atom is 0.255 e. The van der Waals surface area contributed by atoms with Gasteiger partial charge < -0.3 is 19.9 Å². The summed E-state index contributed by atoms with van der Waals surface area (Å²) in [6.07, 6.45) is 2.07. The lowest BCUT2D eigenvalue weighted by molar-refractivity contribution is -0.0422. The number of benzene rings is 1. The van der Waals surface area contributed by atoms with Crippen molar-refractivity contribution in [2.75, 3.05) is 0 Å². The molecule has 138 valence electrons. The van der Waals surface area contributed by atoms with Crippen LogP contribution in [0.1, 0.15) is 38.7 Å². The molecule has 0 spiro atoms. The third kappa shape index (κ3) is 2.53. The molecule has 3 N–H and O–H groups in total.